The number of nitrogens with zero attached hydrogens (tertiary/aromatic N) is 2. The fourth-order valence-corrected chi connectivity index (χ4v) is 3.39. The minimum Gasteiger partial charge on any atom is -0.493 e. The van der Waals surface area contributed by atoms with Gasteiger partial charge in [0.1, 0.15) is 5.75 Å². The third kappa shape index (κ3) is 6.26. The van der Waals surface area contributed by atoms with Gasteiger partial charge in [0.05, 0.1) is 6.61 Å². The number of fused-ring (bicyclic) bond motifs is 1. The van der Waals surface area contributed by atoms with E-state index < -0.39 is 0 Å². The van der Waals surface area contributed by atoms with Crippen LogP contribution in [0.4, 0.5) is 0 Å². The van der Waals surface area contributed by atoms with E-state index in [1.165, 1.54) is 0 Å². The van der Waals surface area contributed by atoms with E-state index in [9.17, 15) is 9.81 Å². The topological polar surface area (TPSA) is 86.6 Å². The number of ether oxygens (including phenoxy) is 3. The molecule has 9 heteroatoms. The molecule has 23 heavy (non-hydrogen) atoms. The average Bonchev–Trinajstić information content (AvgIpc) is 3.02. The van der Waals surface area contributed by atoms with Crippen molar-refractivity contribution in [1.82, 2.24) is 0 Å². The van der Waals surface area contributed by atoms with Gasteiger partial charge in [-0.25, -0.2) is 0 Å². The van der Waals surface area contributed by atoms with Gasteiger partial charge in [-0.3, -0.25) is 0 Å². The number of rotatable bonds is 12. The van der Waals surface area contributed by atoms with Crippen LogP contribution in [0.3, 0.4) is 0 Å². The van der Waals surface area contributed by atoms with E-state index in [1.54, 1.807) is 0 Å². The minimum absolute atomic E-state index is 0.132. The molecule has 0 saturated heterocycles. The van der Waals surface area contributed by atoms with Crippen molar-refractivity contribution in [2.24, 2.45) is 9.16 Å². The molecule has 7 nitrogen and oxygen atoms in total. The lowest BCUT2D eigenvalue weighted by molar-refractivity contribution is 0.173. The Bertz CT molecular complexity index is 518. The second-order valence-corrected chi connectivity index (χ2v) is 6.70. The van der Waals surface area contributed by atoms with Crippen molar-refractivity contribution in [3.8, 4) is 17.2 Å². The summed E-state index contributed by atoms with van der Waals surface area (Å²) < 4.78 is 21.9. The Labute approximate surface area is 143 Å². The van der Waals surface area contributed by atoms with Crippen LogP contribution >= 0.6 is 23.9 Å². The van der Waals surface area contributed by atoms with Crippen molar-refractivity contribution in [3.05, 3.63) is 28.0 Å². The molecule has 126 valence electrons. The molecule has 0 radical (unpaired) electrons. The SMILES string of the molecule is O=NSCCC(CCCCOc1ccc2c(c1)OCO2)SN=O. The molecule has 0 aliphatic carbocycles. The predicted octanol–water partition coefficient (Wildman–Crippen LogP) is 4.55. The van der Waals surface area contributed by atoms with E-state index >= 15 is 0 Å². The van der Waals surface area contributed by atoms with E-state index in [1.807, 2.05) is 18.2 Å². The number of hydrogen-bond donors (Lipinski definition) is 0. The monoisotopic (exact) mass is 358 g/mol. The smallest absolute Gasteiger partial charge is 0.231 e. The lowest BCUT2D eigenvalue weighted by atomic mass is 10.1. The summed E-state index contributed by atoms with van der Waals surface area (Å²) in [6.45, 7) is 0.844. The molecule has 0 saturated carbocycles. The van der Waals surface area contributed by atoms with Crippen molar-refractivity contribution >= 4 is 23.9 Å². The van der Waals surface area contributed by atoms with Crippen molar-refractivity contribution in [2.45, 2.75) is 30.9 Å². The Hall–Kier alpha value is -1.48. The first-order valence-corrected chi connectivity index (χ1v) is 9.07. The fraction of sp³-hybridized carbons (Fsp3) is 0.571. The Morgan fingerprint density at radius 1 is 1.13 bits per heavy atom. The van der Waals surface area contributed by atoms with Crippen molar-refractivity contribution in [2.75, 3.05) is 19.2 Å². The molecular formula is C14H18N2O5S2. The summed E-state index contributed by atoms with van der Waals surface area (Å²) in [6.07, 6.45) is 3.41. The molecule has 1 aliphatic heterocycles. The second kappa shape index (κ2) is 10.3. The first kappa shape index (κ1) is 17.9. The quantitative estimate of drug-likeness (QED) is 0.308. The molecule has 0 aromatic heterocycles. The van der Waals surface area contributed by atoms with Gasteiger partial charge in [0.15, 0.2) is 11.5 Å². The highest BCUT2D eigenvalue weighted by Gasteiger charge is 2.14. The Kier molecular flexibility index (Phi) is 8.02. The summed E-state index contributed by atoms with van der Waals surface area (Å²) in [7, 11) is 0. The molecule has 1 atom stereocenters. The van der Waals surface area contributed by atoms with Gasteiger partial charge in [0.2, 0.25) is 6.79 Å². The molecule has 0 spiro atoms. The van der Waals surface area contributed by atoms with Gasteiger partial charge in [-0.1, -0.05) is 0 Å². The molecule has 0 amide bonds. The number of nitroso groups, excluding NO2 is 2. The maximum Gasteiger partial charge on any atom is 0.231 e. The number of unbranched alkanes of at least 4 members (excludes halogenated alkanes) is 1. The average molecular weight is 358 g/mol. The fourth-order valence-electron chi connectivity index (χ4n) is 2.16. The zero-order valence-corrected chi connectivity index (χ0v) is 14.1. The minimum atomic E-state index is 0.132. The van der Waals surface area contributed by atoms with Gasteiger partial charge in [-0.2, -0.15) is 0 Å². The van der Waals surface area contributed by atoms with Crippen LogP contribution in [0.25, 0.3) is 0 Å². The molecule has 0 N–H and O–H groups in total. The first-order chi connectivity index (χ1) is 11.3. The van der Waals surface area contributed by atoms with E-state index in [0.717, 1.165) is 61.1 Å². The highest BCUT2D eigenvalue weighted by atomic mass is 32.2. The molecule has 0 fully saturated rings. The molecule has 0 bridgehead atoms. The normalized spacial score (nSPS) is 13.6. The van der Waals surface area contributed by atoms with Gasteiger partial charge < -0.3 is 14.2 Å². The van der Waals surface area contributed by atoms with Gasteiger partial charge in [0.25, 0.3) is 0 Å². The van der Waals surface area contributed by atoms with Crippen molar-refractivity contribution in [1.29, 1.82) is 0 Å². The summed E-state index contributed by atoms with van der Waals surface area (Å²) in [4.78, 5) is 20.4. The van der Waals surface area contributed by atoms with E-state index in [4.69, 9.17) is 14.2 Å². The zero-order chi connectivity index (χ0) is 16.3. The van der Waals surface area contributed by atoms with Gasteiger partial charge in [0, 0.05) is 50.1 Å². The van der Waals surface area contributed by atoms with Crippen LogP contribution in [0.1, 0.15) is 25.7 Å². The Morgan fingerprint density at radius 2 is 2.00 bits per heavy atom. The second-order valence-electron chi connectivity index (χ2n) is 4.86. The Morgan fingerprint density at radius 3 is 2.83 bits per heavy atom. The predicted molar refractivity (Wildman–Crippen MR) is 92.0 cm³/mol. The standard InChI is InChI=1S/C14H18N2O5S2/c17-15-22-8-6-12(23-16-18)3-1-2-7-19-11-4-5-13-14(9-11)21-10-20-13/h4-5,9,12H,1-3,6-8,10H2. The van der Waals surface area contributed by atoms with Crippen LogP contribution in [0, 0.1) is 9.81 Å². The first-order valence-electron chi connectivity index (χ1n) is 7.29. The van der Waals surface area contributed by atoms with Gasteiger partial charge in [-0.05, 0) is 37.8 Å². The lowest BCUT2D eigenvalue weighted by Gasteiger charge is -2.11. The molecular weight excluding hydrogens is 340 g/mol. The van der Waals surface area contributed by atoms with Crippen LogP contribution in [0.15, 0.2) is 27.4 Å². The summed E-state index contributed by atoms with van der Waals surface area (Å²) in [6, 6.07) is 5.51. The molecule has 1 unspecified atom stereocenters. The van der Waals surface area contributed by atoms with Crippen LogP contribution < -0.4 is 14.2 Å². The third-order valence-electron chi connectivity index (χ3n) is 3.31. The number of hydrogen-bond acceptors (Lipinski definition) is 9. The summed E-state index contributed by atoms with van der Waals surface area (Å²) in [5.74, 6) is 2.81. The highest BCUT2D eigenvalue weighted by Crippen LogP contribution is 2.35. The van der Waals surface area contributed by atoms with E-state index in [2.05, 4.69) is 9.16 Å². The maximum absolute atomic E-state index is 10.4. The Balaban J connectivity index is 1.62. The van der Waals surface area contributed by atoms with Crippen LogP contribution in [0.2, 0.25) is 0 Å². The largest absolute Gasteiger partial charge is 0.493 e. The molecule has 2 rings (SSSR count). The van der Waals surface area contributed by atoms with Gasteiger partial charge in [-0.15, -0.1) is 9.81 Å². The van der Waals surface area contributed by atoms with Crippen molar-refractivity contribution < 1.29 is 14.2 Å². The molecule has 1 aromatic rings. The summed E-state index contributed by atoms with van der Waals surface area (Å²) in [5.41, 5.74) is 0. The van der Waals surface area contributed by atoms with Gasteiger partial charge >= 0.3 is 0 Å². The highest BCUT2D eigenvalue weighted by molar-refractivity contribution is 7.99. The molecule has 1 aliphatic rings. The number of benzene rings is 1. The summed E-state index contributed by atoms with van der Waals surface area (Å²) >= 11 is 2.01. The van der Waals surface area contributed by atoms with Crippen molar-refractivity contribution in [3.63, 3.8) is 0 Å². The van der Waals surface area contributed by atoms with E-state index in [0.29, 0.717) is 18.1 Å². The zero-order valence-electron chi connectivity index (χ0n) is 12.5. The molecule has 1 aromatic carbocycles. The van der Waals surface area contributed by atoms with E-state index in [-0.39, 0.29) is 12.0 Å². The third-order valence-corrected chi connectivity index (χ3v) is 4.69. The summed E-state index contributed by atoms with van der Waals surface area (Å²) in [5, 5.41) is 0.132. The molecule has 1 heterocycles. The lowest BCUT2D eigenvalue weighted by Crippen LogP contribution is -2.05. The maximum atomic E-state index is 10.4. The van der Waals surface area contributed by atoms with Crippen LogP contribution in [0.5, 0.6) is 17.2 Å². The van der Waals surface area contributed by atoms with Crippen LogP contribution in [-0.2, 0) is 0 Å². The van der Waals surface area contributed by atoms with Crippen LogP contribution in [-0.4, -0.2) is 24.4 Å².